The van der Waals surface area contributed by atoms with E-state index in [1.54, 1.807) is 39.7 Å². The Hall–Kier alpha value is -5.84. The number of methoxy groups -OCH3 is 4. The molecule has 0 unspecified atom stereocenters. The average molecular weight is 678 g/mol. The van der Waals surface area contributed by atoms with Crippen LogP contribution >= 0.6 is 0 Å². The number of carbonyl (C=O) groups excluding carboxylic acids is 2. The second-order valence-corrected chi connectivity index (χ2v) is 12.0. The lowest BCUT2D eigenvalue weighted by Crippen LogP contribution is -2.27. The van der Waals surface area contributed by atoms with Gasteiger partial charge in [0.15, 0.2) is 17.1 Å². The summed E-state index contributed by atoms with van der Waals surface area (Å²) in [6, 6.07) is 17.7. The van der Waals surface area contributed by atoms with Crippen LogP contribution in [0.5, 0.6) is 23.0 Å². The molecule has 3 aromatic carbocycles. The first-order chi connectivity index (χ1) is 24.3. The number of furan rings is 1. The second kappa shape index (κ2) is 14.7. The Balaban J connectivity index is 1.59. The van der Waals surface area contributed by atoms with Crippen LogP contribution in [0.2, 0.25) is 0 Å². The van der Waals surface area contributed by atoms with E-state index in [2.05, 4.69) is 15.6 Å². The number of nitrogens with zero attached hydrogens (tertiary/aromatic N) is 1. The van der Waals surface area contributed by atoms with Crippen LogP contribution in [0.25, 0.3) is 33.4 Å². The number of nitrogens with one attached hydrogen (secondary N) is 2. The summed E-state index contributed by atoms with van der Waals surface area (Å²) in [7, 11) is 6.22. The molecule has 2 heterocycles. The minimum absolute atomic E-state index is 0.0696. The van der Waals surface area contributed by atoms with Gasteiger partial charge in [-0.15, -0.1) is 0 Å². The van der Waals surface area contributed by atoms with E-state index in [9.17, 15) is 14.4 Å². The van der Waals surface area contributed by atoms with Crippen molar-refractivity contribution in [1.29, 1.82) is 0 Å². The summed E-state index contributed by atoms with van der Waals surface area (Å²) in [5.41, 5.74) is 4.58. The van der Waals surface area contributed by atoms with Gasteiger partial charge in [0, 0.05) is 53.9 Å². The van der Waals surface area contributed by atoms with E-state index < -0.39 is 11.5 Å². The smallest absolute Gasteiger partial charge is 0.224 e. The third-order valence-corrected chi connectivity index (χ3v) is 8.91. The Bertz CT molecular complexity index is 2110. The summed E-state index contributed by atoms with van der Waals surface area (Å²) in [6.45, 7) is 1.83. The molecule has 2 aromatic heterocycles. The summed E-state index contributed by atoms with van der Waals surface area (Å²) in [4.78, 5) is 44.6. The molecule has 6 rings (SSSR count). The molecule has 0 saturated heterocycles. The number of hydrogen-bond donors (Lipinski definition) is 2. The first-order valence-electron chi connectivity index (χ1n) is 16.3. The minimum atomic E-state index is -0.500. The predicted molar refractivity (Wildman–Crippen MR) is 189 cm³/mol. The fourth-order valence-electron chi connectivity index (χ4n) is 6.63. The maximum absolute atomic E-state index is 14.2. The quantitative estimate of drug-likeness (QED) is 0.184. The van der Waals surface area contributed by atoms with Crippen molar-refractivity contribution in [2.75, 3.05) is 35.0 Å². The molecule has 0 fully saturated rings. The molecule has 0 radical (unpaired) electrons. The highest BCUT2D eigenvalue weighted by Gasteiger charge is 2.31. The van der Waals surface area contributed by atoms with Crippen LogP contribution < -0.4 is 35.0 Å². The summed E-state index contributed by atoms with van der Waals surface area (Å²) >= 11 is 0. The van der Waals surface area contributed by atoms with Crippen LogP contribution in [-0.4, -0.2) is 51.8 Å². The van der Waals surface area contributed by atoms with Crippen molar-refractivity contribution < 1.29 is 33.0 Å². The van der Waals surface area contributed by atoms with Gasteiger partial charge in [-0.2, -0.15) is 0 Å². The first-order valence-corrected chi connectivity index (χ1v) is 16.3. The van der Waals surface area contributed by atoms with Crippen molar-refractivity contribution >= 4 is 22.8 Å². The molecule has 258 valence electrons. The summed E-state index contributed by atoms with van der Waals surface area (Å²) in [5.74, 6) is 1.87. The highest BCUT2D eigenvalue weighted by atomic mass is 16.5. The van der Waals surface area contributed by atoms with Gasteiger partial charge in [-0.3, -0.25) is 19.4 Å². The van der Waals surface area contributed by atoms with E-state index in [0.717, 1.165) is 11.3 Å². The van der Waals surface area contributed by atoms with Gasteiger partial charge in [-0.1, -0.05) is 6.07 Å². The first kappa shape index (κ1) is 34.0. The molecule has 0 saturated carbocycles. The molecular weight excluding hydrogens is 638 g/mol. The number of aromatic nitrogens is 1. The van der Waals surface area contributed by atoms with Crippen molar-refractivity contribution in [1.82, 2.24) is 15.6 Å². The zero-order valence-electron chi connectivity index (χ0n) is 28.7. The summed E-state index contributed by atoms with van der Waals surface area (Å²) in [5, 5.41) is 6.50. The minimum Gasteiger partial charge on any atom is -0.497 e. The number of hydrogen-bond acceptors (Lipinski definition) is 9. The Labute approximate surface area is 289 Å². The zero-order valence-corrected chi connectivity index (χ0v) is 28.7. The lowest BCUT2D eigenvalue weighted by atomic mass is 9.94. The summed E-state index contributed by atoms with van der Waals surface area (Å²) < 4.78 is 29.2. The highest BCUT2D eigenvalue weighted by Crippen LogP contribution is 2.51. The third kappa shape index (κ3) is 6.71. The molecule has 5 aromatic rings. The van der Waals surface area contributed by atoms with Gasteiger partial charge >= 0.3 is 0 Å². The van der Waals surface area contributed by atoms with E-state index in [1.165, 1.54) is 20.1 Å². The Morgan fingerprint density at radius 2 is 1.72 bits per heavy atom. The van der Waals surface area contributed by atoms with Gasteiger partial charge in [-0.25, -0.2) is 0 Å². The fourth-order valence-corrected chi connectivity index (χ4v) is 6.63. The van der Waals surface area contributed by atoms with Crippen LogP contribution in [0.15, 0.2) is 76.1 Å². The molecular formula is C39H39N3O8. The number of aryl methyl sites for hydroxylation is 1. The van der Waals surface area contributed by atoms with Gasteiger partial charge in [0.25, 0.3) is 0 Å². The molecule has 0 spiro atoms. The Kier molecular flexibility index (Phi) is 10.0. The van der Waals surface area contributed by atoms with E-state index in [0.29, 0.717) is 87.8 Å². The number of carbonyl (C=O) groups is 2. The van der Waals surface area contributed by atoms with Crippen LogP contribution in [0.1, 0.15) is 41.8 Å². The molecule has 11 heteroatoms. The molecule has 2 amide bonds. The topological polar surface area (TPSA) is 138 Å². The molecule has 1 aliphatic carbocycles. The van der Waals surface area contributed by atoms with Gasteiger partial charge in [0.1, 0.15) is 11.5 Å². The monoisotopic (exact) mass is 677 g/mol. The summed E-state index contributed by atoms with van der Waals surface area (Å²) in [6.07, 6.45) is 3.25. The number of amides is 2. The number of rotatable bonds is 11. The number of fused-ring (bicyclic) bond motifs is 4. The van der Waals surface area contributed by atoms with E-state index in [1.807, 2.05) is 42.5 Å². The normalized spacial score (nSPS) is 13.4. The van der Waals surface area contributed by atoms with E-state index in [-0.39, 0.29) is 23.8 Å². The molecule has 50 heavy (non-hydrogen) atoms. The number of ether oxygens (including phenoxy) is 4. The number of pyridine rings is 1. The van der Waals surface area contributed by atoms with E-state index in [4.69, 9.17) is 23.4 Å². The third-order valence-electron chi connectivity index (χ3n) is 8.91. The highest BCUT2D eigenvalue weighted by molar-refractivity contribution is 5.96. The largest absolute Gasteiger partial charge is 0.497 e. The van der Waals surface area contributed by atoms with E-state index >= 15 is 0 Å². The lowest BCUT2D eigenvalue weighted by molar-refractivity contribution is -0.121. The predicted octanol–water partition coefficient (Wildman–Crippen LogP) is 5.58. The Morgan fingerprint density at radius 3 is 2.38 bits per heavy atom. The van der Waals surface area contributed by atoms with Crippen LogP contribution in [0, 0.1) is 0 Å². The standard InChI is InChI=1S/C39H39N3O8/c1-22(43)42-31-14-11-24-18-33(47-3)38(48-4)39(49-5)35(24)28-19-29-30(21-34(45)41-17-15-25-8-6-7-16-40-25)36(23-9-12-26(46-2)13-10-23)50-37(29)32(44)20-27(28)31/h6-10,12-13,16,18-20,31H,11,14-15,17,21H2,1-5H3,(H,41,45)(H,42,43)/t31-/m0/s1. The number of benzene rings is 2. The maximum Gasteiger partial charge on any atom is 0.224 e. The van der Waals surface area contributed by atoms with Crippen molar-refractivity contribution in [3.63, 3.8) is 0 Å². The zero-order chi connectivity index (χ0) is 35.4. The fraction of sp³-hybridized carbons (Fsp3) is 0.282. The van der Waals surface area contributed by atoms with Crippen LogP contribution in [0.3, 0.4) is 0 Å². The van der Waals surface area contributed by atoms with Crippen molar-refractivity contribution in [2.24, 2.45) is 0 Å². The molecule has 1 aliphatic rings. The maximum atomic E-state index is 14.2. The van der Waals surface area contributed by atoms with Gasteiger partial charge in [0.2, 0.25) is 23.0 Å². The van der Waals surface area contributed by atoms with Crippen molar-refractivity contribution in [2.45, 2.75) is 38.6 Å². The van der Waals surface area contributed by atoms with Gasteiger partial charge in [0.05, 0.1) is 40.9 Å². The molecule has 1 atom stereocenters. The molecule has 0 bridgehead atoms. The Morgan fingerprint density at radius 1 is 0.940 bits per heavy atom. The second-order valence-electron chi connectivity index (χ2n) is 12.0. The molecule has 2 N–H and O–H groups in total. The van der Waals surface area contributed by atoms with Gasteiger partial charge in [-0.05, 0) is 84.1 Å². The van der Waals surface area contributed by atoms with Crippen molar-refractivity contribution in [3.8, 4) is 45.4 Å². The van der Waals surface area contributed by atoms with Crippen LogP contribution in [0.4, 0.5) is 0 Å². The molecule has 11 nitrogen and oxygen atoms in total. The molecule has 0 aliphatic heterocycles. The van der Waals surface area contributed by atoms with Crippen molar-refractivity contribution in [3.05, 3.63) is 99.5 Å². The van der Waals surface area contributed by atoms with Gasteiger partial charge < -0.3 is 34.0 Å². The SMILES string of the molecule is COc1ccc(-c2oc3c(=O)cc4c(cc3c2CC(=O)NCCc2ccccn2)-c2c(cc(OC)c(OC)c2OC)CC[C@@H]4NC(C)=O)cc1. The average Bonchev–Trinajstić information content (AvgIpc) is 3.32. The van der Waals surface area contributed by atoms with Crippen LogP contribution in [-0.2, 0) is 28.9 Å². The lowest BCUT2D eigenvalue weighted by Gasteiger charge is -2.20.